The summed E-state index contributed by atoms with van der Waals surface area (Å²) >= 11 is 6.02. The van der Waals surface area contributed by atoms with E-state index in [0.29, 0.717) is 37.4 Å². The number of aryl methyl sites for hydroxylation is 1. The highest BCUT2D eigenvalue weighted by atomic mass is 35.5. The van der Waals surface area contributed by atoms with E-state index >= 15 is 0 Å². The molecular formula is C17H19ClF3N5O. The van der Waals surface area contributed by atoms with E-state index in [9.17, 15) is 18.0 Å². The van der Waals surface area contributed by atoms with Crippen LogP contribution in [-0.4, -0.2) is 51.5 Å². The Kier molecular flexibility index (Phi) is 5.32. The Morgan fingerprint density at radius 1 is 1.30 bits per heavy atom. The van der Waals surface area contributed by atoms with Crippen molar-refractivity contribution >= 4 is 23.3 Å². The maximum atomic E-state index is 12.7. The summed E-state index contributed by atoms with van der Waals surface area (Å²) in [6, 6.07) is 0.922. The Balaban J connectivity index is 1.65. The van der Waals surface area contributed by atoms with Crippen LogP contribution in [-0.2, 0) is 13.2 Å². The number of carbonyl (C=O) groups is 1. The lowest BCUT2D eigenvalue weighted by molar-refractivity contribution is -0.137. The minimum absolute atomic E-state index is 0.0249. The number of rotatable bonds is 3. The van der Waals surface area contributed by atoms with Gasteiger partial charge in [-0.15, -0.1) is 0 Å². The summed E-state index contributed by atoms with van der Waals surface area (Å²) in [5.41, 5.74) is -0.361. The van der Waals surface area contributed by atoms with Gasteiger partial charge in [0.1, 0.15) is 11.5 Å². The van der Waals surface area contributed by atoms with Gasteiger partial charge in [-0.3, -0.25) is 4.79 Å². The van der Waals surface area contributed by atoms with Gasteiger partial charge in [-0.25, -0.2) is 9.97 Å². The number of piperidine rings is 1. The summed E-state index contributed by atoms with van der Waals surface area (Å²) < 4.78 is 39.9. The van der Waals surface area contributed by atoms with Crippen molar-refractivity contribution in [3.8, 4) is 0 Å². The molecule has 0 spiro atoms. The third kappa shape index (κ3) is 4.02. The van der Waals surface area contributed by atoms with Crippen LogP contribution in [0.3, 0.4) is 0 Å². The molecule has 0 radical (unpaired) electrons. The van der Waals surface area contributed by atoms with Crippen molar-refractivity contribution in [3.05, 3.63) is 41.1 Å². The molecule has 6 nitrogen and oxygen atoms in total. The Morgan fingerprint density at radius 3 is 2.48 bits per heavy atom. The normalized spacial score (nSPS) is 15.9. The number of carbonyl (C=O) groups excluding carboxylic acids is 1. The van der Waals surface area contributed by atoms with Crippen LogP contribution >= 0.6 is 11.6 Å². The van der Waals surface area contributed by atoms with E-state index in [-0.39, 0.29) is 17.0 Å². The van der Waals surface area contributed by atoms with Gasteiger partial charge in [0.15, 0.2) is 0 Å². The van der Waals surface area contributed by atoms with E-state index in [4.69, 9.17) is 11.6 Å². The molecule has 1 amide bonds. The first kappa shape index (κ1) is 19.5. The standard InChI is InChI=1S/C17H19ClF3N5O/c1-24-10-22-9-14(24)16(27)25(2)12-3-5-26(6-4-12)15-13(18)7-11(8-23-15)17(19,20)21/h7-10,12H,3-6H2,1-2H3. The number of pyridine rings is 1. The summed E-state index contributed by atoms with van der Waals surface area (Å²) in [5, 5.41) is -0.0254. The first-order chi connectivity index (χ1) is 12.7. The lowest BCUT2D eigenvalue weighted by atomic mass is 10.0. The third-order valence-electron chi connectivity index (χ3n) is 4.82. The van der Waals surface area contributed by atoms with Crippen molar-refractivity contribution in [2.24, 2.45) is 7.05 Å². The summed E-state index contributed by atoms with van der Waals surface area (Å²) in [6.07, 6.45) is 0.752. The molecule has 0 unspecified atom stereocenters. The van der Waals surface area contributed by atoms with Gasteiger partial charge in [-0.1, -0.05) is 11.6 Å². The monoisotopic (exact) mass is 401 g/mol. The molecule has 1 saturated heterocycles. The fourth-order valence-corrected chi connectivity index (χ4v) is 3.48. The second kappa shape index (κ2) is 7.38. The van der Waals surface area contributed by atoms with Gasteiger partial charge in [-0.2, -0.15) is 13.2 Å². The van der Waals surface area contributed by atoms with E-state index in [1.54, 1.807) is 29.9 Å². The minimum atomic E-state index is -4.48. The molecular weight excluding hydrogens is 383 g/mol. The Hall–Kier alpha value is -2.29. The van der Waals surface area contributed by atoms with Gasteiger partial charge in [0.25, 0.3) is 5.91 Å². The zero-order valence-corrected chi connectivity index (χ0v) is 15.6. The van der Waals surface area contributed by atoms with E-state index in [2.05, 4.69) is 9.97 Å². The van der Waals surface area contributed by atoms with Gasteiger partial charge in [0.2, 0.25) is 0 Å². The number of anilines is 1. The van der Waals surface area contributed by atoms with Gasteiger partial charge < -0.3 is 14.4 Å². The Morgan fingerprint density at radius 2 is 1.96 bits per heavy atom. The third-order valence-corrected chi connectivity index (χ3v) is 5.10. The molecule has 2 aromatic rings. The Labute approximate surface area is 159 Å². The summed E-state index contributed by atoms with van der Waals surface area (Å²) in [7, 11) is 3.51. The first-order valence-corrected chi connectivity index (χ1v) is 8.77. The molecule has 0 aromatic carbocycles. The van der Waals surface area contributed by atoms with Crippen LogP contribution in [0, 0.1) is 0 Å². The molecule has 2 aromatic heterocycles. The number of alkyl halides is 3. The summed E-state index contributed by atoms with van der Waals surface area (Å²) in [5.74, 6) is 0.225. The molecule has 0 N–H and O–H groups in total. The van der Waals surface area contributed by atoms with E-state index in [1.165, 1.54) is 6.20 Å². The fourth-order valence-electron chi connectivity index (χ4n) is 3.19. The maximum absolute atomic E-state index is 12.7. The van der Waals surface area contributed by atoms with E-state index in [1.807, 2.05) is 4.90 Å². The highest BCUT2D eigenvalue weighted by Crippen LogP contribution is 2.34. The molecule has 0 saturated carbocycles. The smallest absolute Gasteiger partial charge is 0.355 e. The van der Waals surface area contributed by atoms with Crippen LogP contribution in [0.2, 0.25) is 5.02 Å². The number of halogens is 4. The zero-order valence-electron chi connectivity index (χ0n) is 14.9. The van der Waals surface area contributed by atoms with Gasteiger partial charge in [-0.05, 0) is 18.9 Å². The number of aromatic nitrogens is 3. The SMILES string of the molecule is CN(C(=O)c1cncn1C)C1CCN(c2ncc(C(F)(F)F)cc2Cl)CC1. The van der Waals surface area contributed by atoms with Crippen LogP contribution in [0.15, 0.2) is 24.8 Å². The van der Waals surface area contributed by atoms with Gasteiger partial charge in [0, 0.05) is 39.4 Å². The number of hydrogen-bond acceptors (Lipinski definition) is 4. The fraction of sp³-hybridized carbons (Fsp3) is 0.471. The topological polar surface area (TPSA) is 54.3 Å². The number of imidazole rings is 1. The van der Waals surface area contributed by atoms with Crippen molar-refractivity contribution < 1.29 is 18.0 Å². The molecule has 27 heavy (non-hydrogen) atoms. The summed E-state index contributed by atoms with van der Waals surface area (Å²) in [6.45, 7) is 1.09. The van der Waals surface area contributed by atoms with E-state index in [0.717, 1.165) is 12.3 Å². The lowest BCUT2D eigenvalue weighted by Gasteiger charge is -2.37. The molecule has 0 bridgehead atoms. The molecule has 3 rings (SSSR count). The summed E-state index contributed by atoms with van der Waals surface area (Å²) in [4.78, 5) is 24.0. The second-order valence-electron chi connectivity index (χ2n) is 6.55. The molecule has 3 heterocycles. The second-order valence-corrected chi connectivity index (χ2v) is 6.96. The minimum Gasteiger partial charge on any atom is -0.355 e. The number of hydrogen-bond donors (Lipinski definition) is 0. The van der Waals surface area contributed by atoms with Gasteiger partial charge >= 0.3 is 6.18 Å². The Bertz CT molecular complexity index is 830. The zero-order chi connectivity index (χ0) is 19.8. The number of nitrogens with zero attached hydrogens (tertiary/aromatic N) is 5. The maximum Gasteiger partial charge on any atom is 0.417 e. The molecule has 10 heteroatoms. The predicted molar refractivity (Wildman–Crippen MR) is 94.8 cm³/mol. The molecule has 1 aliphatic rings. The number of amides is 1. The molecule has 1 aliphatic heterocycles. The van der Waals surface area contributed by atoms with Gasteiger partial charge in [0.05, 0.1) is 23.1 Å². The first-order valence-electron chi connectivity index (χ1n) is 8.39. The van der Waals surface area contributed by atoms with Crippen LogP contribution in [0.25, 0.3) is 0 Å². The van der Waals surface area contributed by atoms with E-state index < -0.39 is 11.7 Å². The average molecular weight is 402 g/mol. The van der Waals surface area contributed by atoms with Crippen LogP contribution in [0.1, 0.15) is 28.9 Å². The average Bonchev–Trinajstić information content (AvgIpc) is 3.06. The highest BCUT2D eigenvalue weighted by Gasteiger charge is 2.33. The molecule has 146 valence electrons. The van der Waals surface area contributed by atoms with Crippen molar-refractivity contribution in [1.82, 2.24) is 19.4 Å². The lowest BCUT2D eigenvalue weighted by Crippen LogP contribution is -2.46. The van der Waals surface area contributed by atoms with Crippen LogP contribution < -0.4 is 4.90 Å². The van der Waals surface area contributed by atoms with Crippen molar-refractivity contribution in [2.75, 3.05) is 25.0 Å². The molecule has 1 fully saturated rings. The van der Waals surface area contributed by atoms with Crippen LogP contribution in [0.4, 0.5) is 19.0 Å². The predicted octanol–water partition coefficient (Wildman–Crippen LogP) is 3.23. The van der Waals surface area contributed by atoms with Crippen LogP contribution in [0.5, 0.6) is 0 Å². The quantitative estimate of drug-likeness (QED) is 0.792. The van der Waals surface area contributed by atoms with Crippen molar-refractivity contribution in [1.29, 1.82) is 0 Å². The highest BCUT2D eigenvalue weighted by molar-refractivity contribution is 6.33. The molecule has 0 aliphatic carbocycles. The van der Waals surface area contributed by atoms with Crippen molar-refractivity contribution in [3.63, 3.8) is 0 Å². The van der Waals surface area contributed by atoms with Crippen molar-refractivity contribution in [2.45, 2.75) is 25.1 Å². The largest absolute Gasteiger partial charge is 0.417 e. The molecule has 0 atom stereocenters.